The van der Waals surface area contributed by atoms with Crippen LogP contribution in [-0.4, -0.2) is 23.9 Å². The summed E-state index contributed by atoms with van der Waals surface area (Å²) in [7, 11) is 0. The van der Waals surface area contributed by atoms with Gasteiger partial charge in [-0.05, 0) is 12.5 Å². The van der Waals surface area contributed by atoms with Crippen LogP contribution in [-0.2, 0) is 4.79 Å². The van der Waals surface area contributed by atoms with Crippen molar-refractivity contribution in [3.63, 3.8) is 0 Å². The zero-order chi connectivity index (χ0) is 12.7. The van der Waals surface area contributed by atoms with Crippen molar-refractivity contribution >= 4 is 5.91 Å². The van der Waals surface area contributed by atoms with E-state index in [1.807, 2.05) is 37.3 Å². The molecule has 1 atom stereocenters. The Balaban J connectivity index is 2.79. The summed E-state index contributed by atoms with van der Waals surface area (Å²) >= 11 is 0. The summed E-state index contributed by atoms with van der Waals surface area (Å²) in [6, 6.07) is 9.80. The fourth-order valence-corrected chi connectivity index (χ4v) is 1.72. The van der Waals surface area contributed by atoms with E-state index < -0.39 is 0 Å². The third kappa shape index (κ3) is 3.59. The Hall–Kier alpha value is -1.83. The van der Waals surface area contributed by atoms with E-state index in [4.69, 9.17) is 0 Å². The lowest BCUT2D eigenvalue weighted by Gasteiger charge is -2.23. The highest BCUT2D eigenvalue weighted by molar-refractivity contribution is 5.83. The van der Waals surface area contributed by atoms with Gasteiger partial charge in [-0.1, -0.05) is 42.5 Å². The highest BCUT2D eigenvalue weighted by atomic mass is 16.2. The second kappa shape index (κ2) is 6.69. The summed E-state index contributed by atoms with van der Waals surface area (Å²) in [6.45, 7) is 10.4. The van der Waals surface area contributed by atoms with Crippen molar-refractivity contribution in [3.8, 4) is 0 Å². The van der Waals surface area contributed by atoms with Crippen LogP contribution in [0.2, 0.25) is 0 Å². The van der Waals surface area contributed by atoms with Crippen molar-refractivity contribution in [2.24, 2.45) is 0 Å². The molecule has 0 saturated heterocycles. The van der Waals surface area contributed by atoms with Gasteiger partial charge in [0.1, 0.15) is 0 Å². The molecule has 0 fully saturated rings. The first kappa shape index (κ1) is 13.2. The van der Waals surface area contributed by atoms with Gasteiger partial charge < -0.3 is 4.90 Å². The molecule has 1 aromatic carbocycles. The lowest BCUT2D eigenvalue weighted by molar-refractivity contribution is -0.131. The van der Waals surface area contributed by atoms with Gasteiger partial charge in [0, 0.05) is 13.1 Å². The van der Waals surface area contributed by atoms with Gasteiger partial charge in [-0.3, -0.25) is 4.79 Å². The molecule has 0 saturated carbocycles. The molecule has 0 aliphatic heterocycles. The summed E-state index contributed by atoms with van der Waals surface area (Å²) in [5.41, 5.74) is 1.04. The van der Waals surface area contributed by atoms with E-state index in [-0.39, 0.29) is 11.8 Å². The van der Waals surface area contributed by atoms with Crippen LogP contribution in [0.5, 0.6) is 0 Å². The van der Waals surface area contributed by atoms with Gasteiger partial charge in [-0.15, -0.1) is 13.2 Å². The molecular formula is C15H19NO. The molecule has 0 spiro atoms. The molecule has 1 aromatic rings. The maximum absolute atomic E-state index is 12.3. The third-order valence-corrected chi connectivity index (χ3v) is 2.68. The summed E-state index contributed by atoms with van der Waals surface area (Å²) in [6.07, 6.45) is 3.47. The van der Waals surface area contributed by atoms with Crippen LogP contribution in [0.4, 0.5) is 0 Å². The van der Waals surface area contributed by atoms with Gasteiger partial charge >= 0.3 is 0 Å². The van der Waals surface area contributed by atoms with Crippen molar-refractivity contribution in [1.29, 1.82) is 0 Å². The largest absolute Gasteiger partial charge is 0.335 e. The quantitative estimate of drug-likeness (QED) is 0.687. The Kier molecular flexibility index (Phi) is 5.21. The average molecular weight is 229 g/mol. The lowest BCUT2D eigenvalue weighted by atomic mass is 10.00. The van der Waals surface area contributed by atoms with Crippen molar-refractivity contribution in [3.05, 3.63) is 61.2 Å². The number of hydrogen-bond acceptors (Lipinski definition) is 1. The van der Waals surface area contributed by atoms with Gasteiger partial charge in [0.05, 0.1) is 5.92 Å². The summed E-state index contributed by atoms with van der Waals surface area (Å²) in [4.78, 5) is 14.0. The molecule has 0 N–H and O–H groups in total. The molecule has 1 amide bonds. The predicted molar refractivity (Wildman–Crippen MR) is 71.8 cm³/mol. The summed E-state index contributed by atoms with van der Waals surface area (Å²) in [5.74, 6) is -0.0212. The fraction of sp³-hybridized carbons (Fsp3) is 0.267. The molecule has 0 aliphatic rings. The fourth-order valence-electron chi connectivity index (χ4n) is 1.72. The lowest BCUT2D eigenvalue weighted by Crippen LogP contribution is -2.34. The molecule has 0 bridgehead atoms. The van der Waals surface area contributed by atoms with E-state index in [0.29, 0.717) is 13.1 Å². The molecule has 90 valence electrons. The molecule has 0 radical (unpaired) electrons. The van der Waals surface area contributed by atoms with Crippen LogP contribution in [0, 0.1) is 0 Å². The first-order valence-electron chi connectivity index (χ1n) is 5.76. The minimum Gasteiger partial charge on any atom is -0.335 e. The van der Waals surface area contributed by atoms with Gasteiger partial charge in [0.25, 0.3) is 0 Å². The maximum Gasteiger partial charge on any atom is 0.230 e. The van der Waals surface area contributed by atoms with Gasteiger partial charge in [-0.25, -0.2) is 0 Å². The second-order valence-corrected chi connectivity index (χ2v) is 3.95. The van der Waals surface area contributed by atoms with E-state index in [0.717, 1.165) is 5.56 Å². The predicted octanol–water partition coefficient (Wildman–Crippen LogP) is 2.99. The zero-order valence-corrected chi connectivity index (χ0v) is 10.3. The summed E-state index contributed by atoms with van der Waals surface area (Å²) in [5, 5.41) is 0. The van der Waals surface area contributed by atoms with Gasteiger partial charge in [0.2, 0.25) is 5.91 Å². The van der Waals surface area contributed by atoms with Crippen molar-refractivity contribution < 1.29 is 4.79 Å². The topological polar surface area (TPSA) is 20.3 Å². The smallest absolute Gasteiger partial charge is 0.230 e. The monoisotopic (exact) mass is 229 g/mol. The Morgan fingerprint density at radius 1 is 1.24 bits per heavy atom. The Labute approximate surface area is 103 Å². The van der Waals surface area contributed by atoms with Crippen molar-refractivity contribution in [2.75, 3.05) is 13.1 Å². The number of carbonyl (C=O) groups is 1. The Morgan fingerprint density at radius 2 is 1.76 bits per heavy atom. The van der Waals surface area contributed by atoms with E-state index in [2.05, 4.69) is 13.2 Å². The molecule has 1 rings (SSSR count). The molecule has 0 heterocycles. The number of rotatable bonds is 6. The number of nitrogens with zero attached hydrogens (tertiary/aromatic N) is 1. The van der Waals surface area contributed by atoms with Crippen LogP contribution >= 0.6 is 0 Å². The highest BCUT2D eigenvalue weighted by Gasteiger charge is 2.19. The Bertz CT molecular complexity index is 373. The SMILES string of the molecule is C=CCN(CC=C)C(=O)[C@H](C)c1ccccc1. The highest BCUT2D eigenvalue weighted by Crippen LogP contribution is 2.17. The van der Waals surface area contributed by atoms with Crippen LogP contribution in [0.1, 0.15) is 18.4 Å². The van der Waals surface area contributed by atoms with Crippen LogP contribution in [0.15, 0.2) is 55.6 Å². The number of benzene rings is 1. The third-order valence-electron chi connectivity index (χ3n) is 2.68. The molecule has 0 aromatic heterocycles. The first-order valence-corrected chi connectivity index (χ1v) is 5.76. The Morgan fingerprint density at radius 3 is 2.24 bits per heavy atom. The molecule has 2 nitrogen and oxygen atoms in total. The van der Waals surface area contributed by atoms with Crippen molar-refractivity contribution in [2.45, 2.75) is 12.8 Å². The molecule has 0 unspecified atom stereocenters. The van der Waals surface area contributed by atoms with Gasteiger partial charge in [0.15, 0.2) is 0 Å². The second-order valence-electron chi connectivity index (χ2n) is 3.95. The molecular weight excluding hydrogens is 210 g/mol. The molecule has 0 aliphatic carbocycles. The van der Waals surface area contributed by atoms with E-state index in [1.54, 1.807) is 17.1 Å². The number of carbonyl (C=O) groups excluding carboxylic acids is 1. The number of hydrogen-bond donors (Lipinski definition) is 0. The van der Waals surface area contributed by atoms with Crippen LogP contribution in [0.3, 0.4) is 0 Å². The normalized spacial score (nSPS) is 11.6. The average Bonchev–Trinajstić information content (AvgIpc) is 2.38. The minimum atomic E-state index is -0.129. The van der Waals surface area contributed by atoms with Crippen LogP contribution in [0.25, 0.3) is 0 Å². The zero-order valence-electron chi connectivity index (χ0n) is 10.3. The first-order chi connectivity index (χ1) is 8.20. The standard InChI is InChI=1S/C15H19NO/c1-4-11-16(12-5-2)15(17)13(3)14-9-7-6-8-10-14/h4-10,13H,1-2,11-12H2,3H3/t13-/m1/s1. The minimum absolute atomic E-state index is 0.107. The van der Waals surface area contributed by atoms with E-state index in [9.17, 15) is 4.79 Å². The molecule has 2 heteroatoms. The van der Waals surface area contributed by atoms with E-state index in [1.165, 1.54) is 0 Å². The summed E-state index contributed by atoms with van der Waals surface area (Å²) < 4.78 is 0. The number of amides is 1. The maximum atomic E-state index is 12.3. The van der Waals surface area contributed by atoms with Gasteiger partial charge in [-0.2, -0.15) is 0 Å². The molecule has 17 heavy (non-hydrogen) atoms. The van der Waals surface area contributed by atoms with Crippen LogP contribution < -0.4 is 0 Å². The van der Waals surface area contributed by atoms with Crippen molar-refractivity contribution in [1.82, 2.24) is 4.90 Å². The van der Waals surface area contributed by atoms with E-state index >= 15 is 0 Å².